The summed E-state index contributed by atoms with van der Waals surface area (Å²) in [7, 11) is 1.61. The van der Waals surface area contributed by atoms with Crippen LogP contribution in [-0.4, -0.2) is 7.11 Å². The van der Waals surface area contributed by atoms with Crippen LogP contribution in [0.25, 0.3) is 0 Å². The van der Waals surface area contributed by atoms with Crippen LogP contribution in [0, 0.1) is 0 Å². The standard InChI is InChI=1S/C7H10O/c1-3-4-5-6-7-8-2/h3-7H,1H2,2H3/b5-4+,7-6+. The molecule has 0 fully saturated rings. The number of allylic oxidation sites excluding steroid dienone is 4. The maximum absolute atomic E-state index is 4.62. The smallest absolute Gasteiger partial charge is 0.0824 e. The zero-order valence-corrected chi connectivity index (χ0v) is 5.00. The van der Waals surface area contributed by atoms with Gasteiger partial charge in [-0.05, 0) is 6.08 Å². The lowest BCUT2D eigenvalue weighted by Crippen LogP contribution is -1.59. The summed E-state index contributed by atoms with van der Waals surface area (Å²) in [6.07, 6.45) is 8.77. The quantitative estimate of drug-likeness (QED) is 0.398. The van der Waals surface area contributed by atoms with E-state index in [1.54, 1.807) is 25.5 Å². The Balaban J connectivity index is 3.26. The van der Waals surface area contributed by atoms with E-state index in [0.717, 1.165) is 0 Å². The molecule has 0 atom stereocenters. The van der Waals surface area contributed by atoms with Gasteiger partial charge in [-0.1, -0.05) is 24.8 Å². The second-order valence-corrected chi connectivity index (χ2v) is 1.18. The van der Waals surface area contributed by atoms with Gasteiger partial charge < -0.3 is 4.74 Å². The molecule has 0 aromatic carbocycles. The minimum Gasteiger partial charge on any atom is -0.504 e. The molecule has 0 unspecified atom stereocenters. The molecule has 0 heterocycles. The van der Waals surface area contributed by atoms with E-state index in [9.17, 15) is 0 Å². The molecule has 1 heteroatoms. The Morgan fingerprint density at radius 1 is 1.25 bits per heavy atom. The number of hydrogen-bond acceptors (Lipinski definition) is 1. The van der Waals surface area contributed by atoms with Crippen LogP contribution in [0.4, 0.5) is 0 Å². The van der Waals surface area contributed by atoms with E-state index >= 15 is 0 Å². The molecule has 0 aliphatic rings. The lowest BCUT2D eigenvalue weighted by molar-refractivity contribution is 0.338. The molecule has 0 bridgehead atoms. The summed E-state index contributed by atoms with van der Waals surface area (Å²) < 4.78 is 4.62. The fourth-order valence-corrected chi connectivity index (χ4v) is 0.267. The van der Waals surface area contributed by atoms with E-state index in [1.165, 1.54) is 0 Å². The molecule has 0 aliphatic carbocycles. The fraction of sp³-hybridized carbons (Fsp3) is 0.143. The van der Waals surface area contributed by atoms with Gasteiger partial charge in [-0.2, -0.15) is 0 Å². The number of methoxy groups -OCH3 is 1. The van der Waals surface area contributed by atoms with Crippen molar-refractivity contribution in [1.82, 2.24) is 0 Å². The molecule has 0 saturated carbocycles. The molecule has 0 rings (SSSR count). The fourth-order valence-electron chi connectivity index (χ4n) is 0.267. The van der Waals surface area contributed by atoms with Crippen LogP contribution in [-0.2, 0) is 4.74 Å². The number of rotatable bonds is 3. The predicted molar refractivity (Wildman–Crippen MR) is 35.5 cm³/mol. The predicted octanol–water partition coefficient (Wildman–Crippen LogP) is 1.89. The first-order chi connectivity index (χ1) is 3.91. The Morgan fingerprint density at radius 2 is 2.00 bits per heavy atom. The van der Waals surface area contributed by atoms with Crippen molar-refractivity contribution >= 4 is 0 Å². The first kappa shape index (κ1) is 7.02. The Morgan fingerprint density at radius 3 is 2.50 bits per heavy atom. The molecule has 44 valence electrons. The van der Waals surface area contributed by atoms with Gasteiger partial charge in [0, 0.05) is 0 Å². The van der Waals surface area contributed by atoms with E-state index < -0.39 is 0 Å². The lowest BCUT2D eigenvalue weighted by atomic mass is 10.5. The zero-order chi connectivity index (χ0) is 6.24. The molecular formula is C7H10O. The molecule has 0 N–H and O–H groups in total. The highest BCUT2D eigenvalue weighted by molar-refractivity contribution is 5.06. The number of ether oxygens (including phenoxy) is 1. The third kappa shape index (κ3) is 5.02. The van der Waals surface area contributed by atoms with Gasteiger partial charge in [0.1, 0.15) is 0 Å². The molecule has 0 spiro atoms. The van der Waals surface area contributed by atoms with Gasteiger partial charge in [0.05, 0.1) is 13.4 Å². The van der Waals surface area contributed by atoms with Gasteiger partial charge in [0.25, 0.3) is 0 Å². The zero-order valence-electron chi connectivity index (χ0n) is 5.00. The van der Waals surface area contributed by atoms with Crippen molar-refractivity contribution in [3.63, 3.8) is 0 Å². The molecule has 0 amide bonds. The van der Waals surface area contributed by atoms with Crippen LogP contribution in [0.5, 0.6) is 0 Å². The van der Waals surface area contributed by atoms with Crippen LogP contribution in [0.3, 0.4) is 0 Å². The van der Waals surface area contributed by atoms with Crippen molar-refractivity contribution in [2.75, 3.05) is 7.11 Å². The van der Waals surface area contributed by atoms with Gasteiger partial charge in [-0.25, -0.2) is 0 Å². The SMILES string of the molecule is C=C/C=C/C=C/OC. The van der Waals surface area contributed by atoms with E-state index in [2.05, 4.69) is 11.3 Å². The second-order valence-electron chi connectivity index (χ2n) is 1.18. The van der Waals surface area contributed by atoms with Crippen LogP contribution >= 0.6 is 0 Å². The third-order valence-corrected chi connectivity index (χ3v) is 0.573. The minimum absolute atomic E-state index is 1.60. The van der Waals surface area contributed by atoms with Crippen LogP contribution in [0.2, 0.25) is 0 Å². The maximum Gasteiger partial charge on any atom is 0.0824 e. The summed E-state index contributed by atoms with van der Waals surface area (Å²) in [5.74, 6) is 0. The Hall–Kier alpha value is -0.980. The highest BCUT2D eigenvalue weighted by Gasteiger charge is 1.57. The summed E-state index contributed by atoms with van der Waals surface area (Å²) in [5.41, 5.74) is 0. The highest BCUT2D eigenvalue weighted by atomic mass is 16.5. The number of hydrogen-bond donors (Lipinski definition) is 0. The van der Waals surface area contributed by atoms with Crippen LogP contribution in [0.1, 0.15) is 0 Å². The Kier molecular flexibility index (Phi) is 5.28. The van der Waals surface area contributed by atoms with Gasteiger partial charge in [0.2, 0.25) is 0 Å². The van der Waals surface area contributed by atoms with Gasteiger partial charge >= 0.3 is 0 Å². The van der Waals surface area contributed by atoms with Crippen molar-refractivity contribution in [3.8, 4) is 0 Å². The summed E-state index contributed by atoms with van der Waals surface area (Å²) >= 11 is 0. The average Bonchev–Trinajstić information content (AvgIpc) is 1.81. The normalized spacial score (nSPS) is 10.6. The summed E-state index contributed by atoms with van der Waals surface area (Å²) in [6, 6.07) is 0. The first-order valence-corrected chi connectivity index (χ1v) is 2.39. The van der Waals surface area contributed by atoms with Crippen LogP contribution in [0.15, 0.2) is 37.1 Å². The van der Waals surface area contributed by atoms with Crippen molar-refractivity contribution in [2.45, 2.75) is 0 Å². The largest absolute Gasteiger partial charge is 0.504 e. The third-order valence-electron chi connectivity index (χ3n) is 0.573. The first-order valence-electron chi connectivity index (χ1n) is 2.39. The Bertz CT molecular complexity index is 101. The molecule has 0 saturated heterocycles. The maximum atomic E-state index is 4.62. The summed E-state index contributed by atoms with van der Waals surface area (Å²) in [5, 5.41) is 0. The topological polar surface area (TPSA) is 9.23 Å². The average molecular weight is 110 g/mol. The second kappa shape index (κ2) is 6.02. The molecule has 0 aliphatic heterocycles. The van der Waals surface area contributed by atoms with Gasteiger partial charge in [-0.15, -0.1) is 0 Å². The van der Waals surface area contributed by atoms with Crippen LogP contribution < -0.4 is 0 Å². The van der Waals surface area contributed by atoms with Gasteiger partial charge in [0.15, 0.2) is 0 Å². The molecule has 0 radical (unpaired) electrons. The summed E-state index contributed by atoms with van der Waals surface area (Å²) in [4.78, 5) is 0. The van der Waals surface area contributed by atoms with Gasteiger partial charge in [-0.3, -0.25) is 0 Å². The van der Waals surface area contributed by atoms with Crippen molar-refractivity contribution in [3.05, 3.63) is 37.1 Å². The van der Waals surface area contributed by atoms with Crippen molar-refractivity contribution in [2.24, 2.45) is 0 Å². The monoisotopic (exact) mass is 110 g/mol. The van der Waals surface area contributed by atoms with Crippen molar-refractivity contribution < 1.29 is 4.74 Å². The van der Waals surface area contributed by atoms with Crippen molar-refractivity contribution in [1.29, 1.82) is 0 Å². The Labute approximate surface area is 50.0 Å². The molecular weight excluding hydrogens is 100 g/mol. The highest BCUT2D eigenvalue weighted by Crippen LogP contribution is 1.76. The lowest BCUT2D eigenvalue weighted by Gasteiger charge is -1.79. The minimum atomic E-state index is 1.60. The molecule has 1 nitrogen and oxygen atoms in total. The van der Waals surface area contributed by atoms with E-state index in [-0.39, 0.29) is 0 Å². The van der Waals surface area contributed by atoms with E-state index in [0.29, 0.717) is 0 Å². The van der Waals surface area contributed by atoms with E-state index in [1.807, 2.05) is 12.2 Å². The molecule has 8 heavy (non-hydrogen) atoms. The summed E-state index contributed by atoms with van der Waals surface area (Å²) in [6.45, 7) is 3.50. The molecule has 0 aromatic rings. The molecule has 0 aromatic heterocycles. The van der Waals surface area contributed by atoms with E-state index in [4.69, 9.17) is 0 Å².